The first-order valence-electron chi connectivity index (χ1n) is 5.49. The molecule has 0 amide bonds. The summed E-state index contributed by atoms with van der Waals surface area (Å²) in [5.41, 5.74) is 1.34. The minimum Gasteiger partial charge on any atom is -0.347 e. The van der Waals surface area contributed by atoms with Crippen molar-refractivity contribution in [2.75, 3.05) is 5.32 Å². The first-order chi connectivity index (χ1) is 9.02. The third kappa shape index (κ3) is 2.61. The second-order valence-corrected chi connectivity index (χ2v) is 4.37. The Labute approximate surface area is 115 Å². The van der Waals surface area contributed by atoms with Crippen LogP contribution in [-0.2, 0) is 13.6 Å². The van der Waals surface area contributed by atoms with Gasteiger partial charge in [-0.1, -0.05) is 17.5 Å². The molecule has 0 aromatic carbocycles. The van der Waals surface area contributed by atoms with Crippen LogP contribution in [0.5, 0.6) is 0 Å². The Morgan fingerprint density at radius 3 is 2.89 bits per heavy atom. The second kappa shape index (κ2) is 5.16. The molecule has 2 aromatic rings. The summed E-state index contributed by atoms with van der Waals surface area (Å²) in [5.74, 6) is 2.36. The van der Waals surface area contributed by atoms with Crippen molar-refractivity contribution in [2.45, 2.75) is 13.5 Å². The van der Waals surface area contributed by atoms with Crippen LogP contribution in [0.1, 0.15) is 5.69 Å². The number of aryl methyl sites for hydroxylation is 2. The molecule has 6 nitrogen and oxygen atoms in total. The van der Waals surface area contributed by atoms with Crippen molar-refractivity contribution in [1.82, 2.24) is 19.6 Å². The van der Waals surface area contributed by atoms with Gasteiger partial charge in [-0.15, -0.1) is 6.42 Å². The lowest BCUT2D eigenvalue weighted by Crippen LogP contribution is -2.24. The van der Waals surface area contributed by atoms with E-state index in [2.05, 4.69) is 21.4 Å². The van der Waals surface area contributed by atoms with E-state index < -0.39 is 0 Å². The molecule has 19 heavy (non-hydrogen) atoms. The fraction of sp³-hybridized carbons (Fsp3) is 0.250. The molecular weight excluding hydrogens is 266 g/mol. The number of nitrogens with one attached hydrogen (secondary N) is 1. The van der Waals surface area contributed by atoms with Crippen LogP contribution >= 0.6 is 11.6 Å². The fourth-order valence-corrected chi connectivity index (χ4v) is 1.81. The van der Waals surface area contributed by atoms with Gasteiger partial charge in [-0.25, -0.2) is 4.68 Å². The number of terminal acetylenes is 1. The van der Waals surface area contributed by atoms with Crippen LogP contribution in [0.4, 0.5) is 11.4 Å². The van der Waals surface area contributed by atoms with Crippen molar-refractivity contribution in [1.29, 1.82) is 0 Å². The molecule has 2 rings (SSSR count). The van der Waals surface area contributed by atoms with Crippen molar-refractivity contribution in [3.63, 3.8) is 0 Å². The highest BCUT2D eigenvalue weighted by Gasteiger charge is 2.12. The zero-order chi connectivity index (χ0) is 14.0. The van der Waals surface area contributed by atoms with Gasteiger partial charge in [0, 0.05) is 13.2 Å². The van der Waals surface area contributed by atoms with Gasteiger partial charge in [-0.3, -0.25) is 9.48 Å². The first kappa shape index (κ1) is 13.2. The third-order valence-corrected chi connectivity index (χ3v) is 2.80. The molecule has 0 saturated heterocycles. The topological polar surface area (TPSA) is 64.7 Å². The molecule has 2 aromatic heterocycles. The molecular formula is C12H12ClN5O. The van der Waals surface area contributed by atoms with Crippen LogP contribution in [0, 0.1) is 19.3 Å². The van der Waals surface area contributed by atoms with Crippen molar-refractivity contribution >= 4 is 23.0 Å². The summed E-state index contributed by atoms with van der Waals surface area (Å²) in [6.07, 6.45) is 8.33. The normalized spacial score (nSPS) is 10.2. The van der Waals surface area contributed by atoms with E-state index in [-0.39, 0.29) is 22.8 Å². The maximum absolute atomic E-state index is 12.1. The predicted octanol–water partition coefficient (Wildman–Crippen LogP) is 1.32. The smallest absolute Gasteiger partial charge is 0.292 e. The Kier molecular flexibility index (Phi) is 3.58. The molecule has 1 N–H and O–H groups in total. The van der Waals surface area contributed by atoms with Crippen molar-refractivity contribution < 1.29 is 0 Å². The molecule has 0 aliphatic heterocycles. The monoisotopic (exact) mass is 277 g/mol. The molecule has 7 heteroatoms. The van der Waals surface area contributed by atoms with Gasteiger partial charge < -0.3 is 5.32 Å². The van der Waals surface area contributed by atoms with Crippen LogP contribution in [-0.4, -0.2) is 19.6 Å². The van der Waals surface area contributed by atoms with Crippen molar-refractivity contribution in [2.24, 2.45) is 7.05 Å². The summed E-state index contributed by atoms with van der Waals surface area (Å²) < 4.78 is 2.81. The average Bonchev–Trinajstić information content (AvgIpc) is 2.67. The van der Waals surface area contributed by atoms with E-state index >= 15 is 0 Å². The third-order valence-electron chi connectivity index (χ3n) is 2.51. The minimum absolute atomic E-state index is 0.0940. The van der Waals surface area contributed by atoms with Gasteiger partial charge in [0.05, 0.1) is 22.6 Å². The van der Waals surface area contributed by atoms with Crippen LogP contribution in [0.3, 0.4) is 0 Å². The maximum atomic E-state index is 12.1. The zero-order valence-corrected chi connectivity index (χ0v) is 11.3. The molecule has 0 saturated carbocycles. The van der Waals surface area contributed by atoms with E-state index in [0.717, 1.165) is 5.69 Å². The quantitative estimate of drug-likeness (QED) is 0.860. The molecule has 0 radical (unpaired) electrons. The van der Waals surface area contributed by atoms with Gasteiger partial charge in [0.2, 0.25) is 0 Å². The number of rotatable bonds is 3. The van der Waals surface area contributed by atoms with E-state index in [1.807, 2.05) is 6.92 Å². The lowest BCUT2D eigenvalue weighted by molar-refractivity contribution is 0.665. The number of hydrogen-bond donors (Lipinski definition) is 1. The van der Waals surface area contributed by atoms with E-state index in [4.69, 9.17) is 18.0 Å². The number of halogens is 1. The lowest BCUT2D eigenvalue weighted by Gasteiger charge is -2.08. The number of anilines is 2. The largest absolute Gasteiger partial charge is 0.347 e. The Morgan fingerprint density at radius 2 is 2.32 bits per heavy atom. The van der Waals surface area contributed by atoms with Crippen LogP contribution in [0.15, 0.2) is 17.2 Å². The van der Waals surface area contributed by atoms with Crippen LogP contribution in [0.2, 0.25) is 5.02 Å². The number of aromatic nitrogens is 4. The summed E-state index contributed by atoms with van der Waals surface area (Å²) in [6, 6.07) is 0. The summed E-state index contributed by atoms with van der Waals surface area (Å²) in [7, 11) is 1.79. The van der Waals surface area contributed by atoms with Gasteiger partial charge in [-0.05, 0) is 6.92 Å². The van der Waals surface area contributed by atoms with E-state index in [9.17, 15) is 4.79 Å². The summed E-state index contributed by atoms with van der Waals surface area (Å²) >= 11 is 5.99. The van der Waals surface area contributed by atoms with Gasteiger partial charge >= 0.3 is 0 Å². The van der Waals surface area contributed by atoms with E-state index in [0.29, 0.717) is 5.69 Å². The highest BCUT2D eigenvalue weighted by atomic mass is 35.5. The number of hydrogen-bond acceptors (Lipinski definition) is 4. The van der Waals surface area contributed by atoms with Crippen LogP contribution in [0.25, 0.3) is 0 Å². The maximum Gasteiger partial charge on any atom is 0.292 e. The Bertz CT molecular complexity index is 710. The highest BCUT2D eigenvalue weighted by molar-refractivity contribution is 6.33. The molecule has 0 aliphatic rings. The van der Waals surface area contributed by atoms with Gasteiger partial charge in [0.1, 0.15) is 12.2 Å². The first-order valence-corrected chi connectivity index (χ1v) is 5.87. The van der Waals surface area contributed by atoms with E-state index in [1.165, 1.54) is 10.9 Å². The molecule has 2 heterocycles. The van der Waals surface area contributed by atoms with Gasteiger partial charge in [0.25, 0.3) is 5.56 Å². The second-order valence-electron chi connectivity index (χ2n) is 3.96. The molecule has 98 valence electrons. The lowest BCUT2D eigenvalue weighted by atomic mass is 10.3. The Balaban J connectivity index is 2.45. The molecule has 0 fully saturated rings. The minimum atomic E-state index is -0.367. The van der Waals surface area contributed by atoms with Gasteiger partial charge in [0.15, 0.2) is 0 Å². The number of nitrogens with zero attached hydrogens (tertiary/aromatic N) is 4. The SMILES string of the molecule is C#CCn1ncc(Cl)c(Nc2cn(C)nc2C)c1=O. The summed E-state index contributed by atoms with van der Waals surface area (Å²) in [4.78, 5) is 12.1. The predicted molar refractivity (Wildman–Crippen MR) is 73.6 cm³/mol. The highest BCUT2D eigenvalue weighted by Crippen LogP contribution is 2.22. The average molecular weight is 278 g/mol. The standard InChI is InChI=1S/C12H12ClN5O/c1-4-5-18-12(19)11(9(13)6-14-18)15-10-7-17(3)16-8(10)2/h1,6-7,15H,5H2,2-3H3. The Hall–Kier alpha value is -2.26. The van der Waals surface area contributed by atoms with Crippen molar-refractivity contribution in [3.8, 4) is 12.3 Å². The molecule has 0 aliphatic carbocycles. The fourth-order valence-electron chi connectivity index (χ4n) is 1.64. The molecule has 0 atom stereocenters. The molecule has 0 bridgehead atoms. The molecule has 0 spiro atoms. The van der Waals surface area contributed by atoms with Gasteiger partial charge in [-0.2, -0.15) is 10.2 Å². The molecule has 0 unspecified atom stereocenters. The zero-order valence-electron chi connectivity index (χ0n) is 10.5. The summed E-state index contributed by atoms with van der Waals surface area (Å²) in [5, 5.41) is 11.3. The summed E-state index contributed by atoms with van der Waals surface area (Å²) in [6.45, 7) is 1.92. The van der Waals surface area contributed by atoms with Crippen LogP contribution < -0.4 is 10.9 Å². The van der Waals surface area contributed by atoms with E-state index in [1.54, 1.807) is 17.9 Å². The van der Waals surface area contributed by atoms with Crippen molar-refractivity contribution in [3.05, 3.63) is 33.5 Å². The Morgan fingerprint density at radius 1 is 1.58 bits per heavy atom.